The first-order valence-electron chi connectivity index (χ1n) is 29.4. The molecular formula is C64H78F3N13O6. The maximum atomic E-state index is 14.7. The second kappa shape index (κ2) is 29.5. The first-order chi connectivity index (χ1) is 41.4. The van der Waals surface area contributed by atoms with Crippen molar-refractivity contribution in [2.45, 2.75) is 104 Å². The SMILES string of the molecule is CCOc1cc2c(cc1NC(=O)CCCN(C)C)C(Nc1ccc(OCc3ncc(CN(C)CCCC(=O)Nc4cc5c(cc4OCC)NCC(C#N)C5Nc4ccc(OCC5NCCCC5C)cc4C(F)(F)F)cc3C)c(C#N)c1)C(C#N)CN2. The number of pyridine rings is 1. The van der Waals surface area contributed by atoms with Gasteiger partial charge in [0.2, 0.25) is 11.8 Å². The van der Waals surface area contributed by atoms with Crippen LogP contribution >= 0.6 is 0 Å². The summed E-state index contributed by atoms with van der Waals surface area (Å²) in [5, 5.41) is 53.3. The zero-order valence-electron chi connectivity index (χ0n) is 50.0. The monoisotopic (exact) mass is 1180 g/mol. The van der Waals surface area contributed by atoms with Crippen molar-refractivity contribution in [3.8, 4) is 41.2 Å². The molecule has 0 radical (unpaired) electrons. The van der Waals surface area contributed by atoms with Crippen LogP contribution in [0.1, 0.15) is 110 Å². The van der Waals surface area contributed by atoms with E-state index in [1.807, 2.05) is 65.0 Å². The van der Waals surface area contributed by atoms with Gasteiger partial charge in [-0.05, 0) is 153 Å². The summed E-state index contributed by atoms with van der Waals surface area (Å²) in [6.45, 7) is 12.0. The Morgan fingerprint density at radius 2 is 1.38 bits per heavy atom. The average molecular weight is 1180 g/mol. The quantitative estimate of drug-likeness (QED) is 0.0272. The van der Waals surface area contributed by atoms with Crippen LogP contribution in [0.4, 0.5) is 47.3 Å². The lowest BCUT2D eigenvalue weighted by Gasteiger charge is -2.34. The van der Waals surface area contributed by atoms with Crippen molar-refractivity contribution in [3.05, 3.63) is 112 Å². The molecular weight excluding hydrogens is 1100 g/mol. The van der Waals surface area contributed by atoms with E-state index in [0.717, 1.165) is 54.4 Å². The van der Waals surface area contributed by atoms with Crippen LogP contribution in [0.15, 0.2) is 72.9 Å². The van der Waals surface area contributed by atoms with Gasteiger partial charge >= 0.3 is 6.18 Å². The molecule has 22 heteroatoms. The van der Waals surface area contributed by atoms with Gasteiger partial charge < -0.3 is 66.0 Å². The Kier molecular flexibility index (Phi) is 21.8. The maximum Gasteiger partial charge on any atom is 0.418 e. The Labute approximate surface area is 501 Å². The topological polar surface area (TPSA) is 246 Å². The molecule has 6 unspecified atom stereocenters. The van der Waals surface area contributed by atoms with Gasteiger partial charge in [-0.3, -0.25) is 14.6 Å². The van der Waals surface area contributed by atoms with Crippen molar-refractivity contribution in [2.24, 2.45) is 17.8 Å². The molecule has 4 aromatic carbocycles. The maximum absolute atomic E-state index is 14.7. The van der Waals surface area contributed by atoms with E-state index in [2.05, 4.69) is 67.2 Å². The third kappa shape index (κ3) is 16.5. The van der Waals surface area contributed by atoms with Gasteiger partial charge in [0.1, 0.15) is 42.3 Å². The summed E-state index contributed by atoms with van der Waals surface area (Å²) in [5.41, 5.74) is 5.76. The molecule has 4 heterocycles. The van der Waals surface area contributed by atoms with E-state index < -0.39 is 35.7 Å². The van der Waals surface area contributed by atoms with E-state index in [1.54, 1.807) is 36.5 Å². The molecule has 3 aliphatic rings. The number of carbonyl (C=O) groups is 2. The number of hydrogen-bond acceptors (Lipinski definition) is 17. The fourth-order valence-electron chi connectivity index (χ4n) is 11.1. The molecule has 3 aliphatic heterocycles. The van der Waals surface area contributed by atoms with E-state index in [9.17, 15) is 38.5 Å². The molecule has 2 amide bonds. The number of ether oxygens (including phenoxy) is 4. The highest BCUT2D eigenvalue weighted by atomic mass is 19.4. The lowest BCUT2D eigenvalue weighted by molar-refractivity contribution is -0.137. The van der Waals surface area contributed by atoms with Gasteiger partial charge in [0.15, 0.2) is 0 Å². The molecule has 1 saturated heterocycles. The van der Waals surface area contributed by atoms with Crippen LogP contribution in [0.25, 0.3) is 0 Å². The van der Waals surface area contributed by atoms with E-state index in [-0.39, 0.29) is 67.6 Å². The number of alkyl halides is 3. The summed E-state index contributed by atoms with van der Waals surface area (Å²) in [5.74, 6) is 0.00887. The van der Waals surface area contributed by atoms with Gasteiger partial charge in [0.25, 0.3) is 0 Å². The molecule has 7 N–H and O–H groups in total. The summed E-state index contributed by atoms with van der Waals surface area (Å²) in [7, 11) is 5.87. The lowest BCUT2D eigenvalue weighted by atomic mass is 9.88. The number of rotatable bonds is 26. The average Bonchev–Trinajstić information content (AvgIpc) is 1.31. The second-order valence-electron chi connectivity index (χ2n) is 22.5. The minimum absolute atomic E-state index is 0.0296. The minimum Gasteiger partial charge on any atom is -0.492 e. The number of halogens is 3. The number of aryl methyl sites for hydroxylation is 1. The summed E-state index contributed by atoms with van der Waals surface area (Å²) >= 11 is 0. The van der Waals surface area contributed by atoms with Gasteiger partial charge in [0.05, 0.1) is 77.5 Å². The molecule has 0 saturated carbocycles. The Morgan fingerprint density at radius 3 is 1.95 bits per heavy atom. The van der Waals surface area contributed by atoms with Gasteiger partial charge in [-0.15, -0.1) is 0 Å². The molecule has 456 valence electrons. The van der Waals surface area contributed by atoms with Gasteiger partial charge in [-0.2, -0.15) is 29.0 Å². The lowest BCUT2D eigenvalue weighted by Crippen LogP contribution is -2.44. The normalized spacial score (nSPS) is 18.8. The number of benzene rings is 4. The van der Waals surface area contributed by atoms with Crippen LogP contribution in [0.5, 0.6) is 23.0 Å². The number of piperidine rings is 1. The molecule has 1 aromatic heterocycles. The highest BCUT2D eigenvalue weighted by molar-refractivity contribution is 5.94. The molecule has 6 atom stereocenters. The molecule has 5 aromatic rings. The highest BCUT2D eigenvalue weighted by Crippen LogP contribution is 2.46. The second-order valence-corrected chi connectivity index (χ2v) is 22.5. The van der Waals surface area contributed by atoms with Crippen LogP contribution in [0.3, 0.4) is 0 Å². The van der Waals surface area contributed by atoms with Gasteiger partial charge in [-0.25, -0.2) is 0 Å². The third-order valence-electron chi connectivity index (χ3n) is 15.7. The number of fused-ring (bicyclic) bond motifs is 2. The molecule has 0 spiro atoms. The largest absolute Gasteiger partial charge is 0.492 e. The smallest absolute Gasteiger partial charge is 0.418 e. The van der Waals surface area contributed by atoms with Crippen LogP contribution in [-0.2, 0) is 28.9 Å². The zero-order chi connectivity index (χ0) is 61.5. The number of anilines is 6. The Hall–Kier alpha value is -8.49. The number of amides is 2. The minimum atomic E-state index is -4.73. The number of nitriles is 3. The molecule has 0 aliphatic carbocycles. The van der Waals surface area contributed by atoms with Crippen molar-refractivity contribution >= 4 is 45.9 Å². The predicted molar refractivity (Wildman–Crippen MR) is 325 cm³/mol. The molecule has 1 fully saturated rings. The summed E-state index contributed by atoms with van der Waals surface area (Å²) in [6, 6.07) is 23.7. The molecule has 19 nitrogen and oxygen atoms in total. The molecule has 8 rings (SSSR count). The fraction of sp³-hybridized carbons (Fsp3) is 0.469. The number of nitrogens with one attached hydrogen (secondary N) is 7. The fourth-order valence-corrected chi connectivity index (χ4v) is 11.1. The number of carbonyl (C=O) groups excluding carboxylic acids is 2. The van der Waals surface area contributed by atoms with Crippen molar-refractivity contribution in [2.75, 3.05) is 106 Å². The zero-order valence-corrected chi connectivity index (χ0v) is 50.0. The van der Waals surface area contributed by atoms with E-state index >= 15 is 0 Å². The number of aromatic nitrogens is 1. The van der Waals surface area contributed by atoms with E-state index in [4.69, 9.17) is 23.9 Å². The van der Waals surface area contributed by atoms with Crippen molar-refractivity contribution in [3.63, 3.8) is 0 Å². The van der Waals surface area contributed by atoms with Crippen LogP contribution in [0.2, 0.25) is 0 Å². The Bertz CT molecular complexity index is 3320. The summed E-state index contributed by atoms with van der Waals surface area (Å²) in [6.07, 6.45) is 0.787. The first kappa shape index (κ1) is 63.5. The summed E-state index contributed by atoms with van der Waals surface area (Å²) < 4.78 is 68.1. The van der Waals surface area contributed by atoms with E-state index in [1.165, 1.54) is 12.1 Å². The summed E-state index contributed by atoms with van der Waals surface area (Å²) in [4.78, 5) is 35.4. The Morgan fingerprint density at radius 1 is 0.756 bits per heavy atom. The molecule has 0 bridgehead atoms. The predicted octanol–water partition coefficient (Wildman–Crippen LogP) is 11.0. The van der Waals surface area contributed by atoms with Crippen molar-refractivity contribution < 1.29 is 41.7 Å². The van der Waals surface area contributed by atoms with Crippen LogP contribution < -0.4 is 56.2 Å². The van der Waals surface area contributed by atoms with Crippen LogP contribution in [0, 0.1) is 58.7 Å². The standard InChI is InChI=1S/C64H78F3N13O6/c1-8-83-58-28-51-47(26-53(58)76-60(81)14-11-21-79(5)6)62(43(31-69)34-73-51)75-45-16-19-57(42(24-45)30-68)86-38-56-40(4)23-41(33-72-56)36-80(7)22-12-15-61(82)77-54-27-48-52(29-59(54)84-9-2)74-35-44(32-70)63(48)78-50-18-17-46(25-49(50)64(65,66)67)85-37-55-39(3)13-10-20-71-55/h16-19,23-29,33,39,43-44,55,62-63,71,73-75,78H,8-15,20-22,34-38H2,1-7H3,(H,76,81)(H,77,82). The Balaban J connectivity index is 0.857. The number of hydrogen-bond donors (Lipinski definition) is 7. The molecule has 86 heavy (non-hydrogen) atoms. The number of nitrogens with zero attached hydrogens (tertiary/aromatic N) is 6. The van der Waals surface area contributed by atoms with Crippen LogP contribution in [-0.4, -0.2) is 106 Å². The van der Waals surface area contributed by atoms with E-state index in [0.29, 0.717) is 103 Å². The highest BCUT2D eigenvalue weighted by Gasteiger charge is 2.38. The van der Waals surface area contributed by atoms with Gasteiger partial charge in [0, 0.05) is 90.7 Å². The van der Waals surface area contributed by atoms with Gasteiger partial charge in [-0.1, -0.05) is 13.0 Å². The van der Waals surface area contributed by atoms with Crippen molar-refractivity contribution in [1.29, 1.82) is 15.8 Å². The van der Waals surface area contributed by atoms with Crippen molar-refractivity contribution in [1.82, 2.24) is 20.1 Å². The third-order valence-corrected chi connectivity index (χ3v) is 15.7. The first-order valence-corrected chi connectivity index (χ1v) is 29.4.